The summed E-state index contributed by atoms with van der Waals surface area (Å²) in [6, 6.07) is 7.98. The molecule has 0 aliphatic rings. The van der Waals surface area contributed by atoms with E-state index in [1.807, 2.05) is 0 Å². The standard InChI is InChI=1S/C18H17Br2N3O5/c1-27-14-4-3-10(6-15(14)28-2)18(26)21-9-16(24)23-22-8-11-5-12(19)7-13(20)17(11)25/h3-8,25H,9H2,1-2H3,(H,21,26)(H,23,24)/b22-8-. The molecule has 0 aliphatic carbocycles. The molecule has 148 valence electrons. The Bertz CT molecular complexity index is 918. The largest absolute Gasteiger partial charge is 0.506 e. The van der Waals surface area contributed by atoms with Gasteiger partial charge in [0.15, 0.2) is 11.5 Å². The molecule has 0 spiro atoms. The second-order valence-corrected chi connectivity index (χ2v) is 7.14. The van der Waals surface area contributed by atoms with Crippen molar-refractivity contribution in [2.75, 3.05) is 20.8 Å². The maximum absolute atomic E-state index is 12.2. The molecule has 0 radical (unpaired) electrons. The predicted octanol–water partition coefficient (Wildman–Crippen LogP) is 2.81. The fraction of sp³-hybridized carbons (Fsp3) is 0.167. The Morgan fingerprint density at radius 2 is 1.86 bits per heavy atom. The van der Waals surface area contributed by atoms with Gasteiger partial charge in [-0.25, -0.2) is 5.43 Å². The molecule has 0 fully saturated rings. The average Bonchev–Trinajstić information content (AvgIpc) is 2.69. The molecule has 0 aliphatic heterocycles. The quantitative estimate of drug-likeness (QED) is 0.389. The van der Waals surface area contributed by atoms with Gasteiger partial charge in [0.05, 0.1) is 31.5 Å². The summed E-state index contributed by atoms with van der Waals surface area (Å²) in [6.07, 6.45) is 1.29. The van der Waals surface area contributed by atoms with Gasteiger partial charge < -0.3 is 19.9 Å². The molecule has 2 aromatic rings. The van der Waals surface area contributed by atoms with Gasteiger partial charge in [0.1, 0.15) is 5.75 Å². The van der Waals surface area contributed by atoms with Gasteiger partial charge in [-0.15, -0.1) is 0 Å². The van der Waals surface area contributed by atoms with Crippen molar-refractivity contribution < 1.29 is 24.2 Å². The zero-order chi connectivity index (χ0) is 20.7. The monoisotopic (exact) mass is 513 g/mol. The number of methoxy groups -OCH3 is 2. The van der Waals surface area contributed by atoms with Crippen molar-refractivity contribution in [3.63, 3.8) is 0 Å². The Morgan fingerprint density at radius 1 is 1.14 bits per heavy atom. The van der Waals surface area contributed by atoms with E-state index in [1.54, 1.807) is 24.3 Å². The van der Waals surface area contributed by atoms with Crippen molar-refractivity contribution in [3.8, 4) is 17.2 Å². The molecule has 0 aromatic heterocycles. The number of phenolic OH excluding ortho intramolecular Hbond substituents is 1. The van der Waals surface area contributed by atoms with Crippen LogP contribution in [0.5, 0.6) is 17.2 Å². The third-order valence-corrected chi connectivity index (χ3v) is 4.57. The van der Waals surface area contributed by atoms with Gasteiger partial charge in [-0.05, 0) is 46.3 Å². The number of amides is 2. The highest BCUT2D eigenvalue weighted by molar-refractivity contribution is 9.11. The van der Waals surface area contributed by atoms with Gasteiger partial charge in [0, 0.05) is 15.6 Å². The lowest BCUT2D eigenvalue weighted by molar-refractivity contribution is -0.120. The van der Waals surface area contributed by atoms with Crippen LogP contribution in [0.2, 0.25) is 0 Å². The van der Waals surface area contributed by atoms with Crippen molar-refractivity contribution in [2.45, 2.75) is 0 Å². The number of hydrazone groups is 1. The first-order chi connectivity index (χ1) is 13.3. The predicted molar refractivity (Wildman–Crippen MR) is 111 cm³/mol. The van der Waals surface area contributed by atoms with E-state index < -0.39 is 11.8 Å². The summed E-state index contributed by atoms with van der Waals surface area (Å²) in [4.78, 5) is 24.0. The number of aromatic hydroxyl groups is 1. The van der Waals surface area contributed by atoms with E-state index in [-0.39, 0.29) is 12.3 Å². The number of nitrogens with one attached hydrogen (secondary N) is 2. The number of ether oxygens (including phenoxy) is 2. The molecule has 2 rings (SSSR count). The number of carbonyl (C=O) groups excluding carboxylic acids is 2. The lowest BCUT2D eigenvalue weighted by Gasteiger charge is -2.09. The lowest BCUT2D eigenvalue weighted by Crippen LogP contribution is -2.34. The minimum absolute atomic E-state index is 0.0112. The van der Waals surface area contributed by atoms with Crippen LogP contribution in [-0.4, -0.2) is 43.9 Å². The number of halogens is 2. The van der Waals surface area contributed by atoms with Crippen molar-refractivity contribution in [1.29, 1.82) is 0 Å². The second kappa shape index (κ2) is 10.1. The van der Waals surface area contributed by atoms with Crippen LogP contribution in [0.3, 0.4) is 0 Å². The first-order valence-electron chi connectivity index (χ1n) is 7.85. The molecule has 3 N–H and O–H groups in total. The number of nitrogens with zero attached hydrogens (tertiary/aromatic N) is 1. The summed E-state index contributed by atoms with van der Waals surface area (Å²) < 4.78 is 11.5. The van der Waals surface area contributed by atoms with Crippen molar-refractivity contribution in [1.82, 2.24) is 10.7 Å². The third-order valence-electron chi connectivity index (χ3n) is 3.51. The third kappa shape index (κ3) is 5.70. The van der Waals surface area contributed by atoms with Crippen LogP contribution < -0.4 is 20.2 Å². The summed E-state index contributed by atoms with van der Waals surface area (Å²) in [5, 5.41) is 16.2. The smallest absolute Gasteiger partial charge is 0.259 e. The van der Waals surface area contributed by atoms with Gasteiger partial charge in [0.2, 0.25) is 0 Å². The maximum atomic E-state index is 12.2. The van der Waals surface area contributed by atoms with Crippen LogP contribution in [0.4, 0.5) is 0 Å². The normalized spacial score (nSPS) is 10.6. The van der Waals surface area contributed by atoms with Gasteiger partial charge in [-0.2, -0.15) is 5.10 Å². The minimum atomic E-state index is -0.529. The lowest BCUT2D eigenvalue weighted by atomic mass is 10.2. The van der Waals surface area contributed by atoms with Crippen LogP contribution in [-0.2, 0) is 4.79 Å². The van der Waals surface area contributed by atoms with E-state index in [0.717, 1.165) is 4.47 Å². The molecule has 2 aromatic carbocycles. The average molecular weight is 515 g/mol. The number of benzene rings is 2. The molecule has 8 nitrogen and oxygen atoms in total. The number of hydrogen-bond acceptors (Lipinski definition) is 6. The highest BCUT2D eigenvalue weighted by atomic mass is 79.9. The summed E-state index contributed by atoms with van der Waals surface area (Å²) in [7, 11) is 2.96. The minimum Gasteiger partial charge on any atom is -0.506 e. The Hall–Kier alpha value is -2.59. The second-order valence-electron chi connectivity index (χ2n) is 5.37. The highest BCUT2D eigenvalue weighted by Crippen LogP contribution is 2.30. The fourth-order valence-electron chi connectivity index (χ4n) is 2.14. The molecule has 0 saturated heterocycles. The van der Waals surface area contributed by atoms with E-state index in [1.165, 1.54) is 26.5 Å². The molecular formula is C18H17Br2N3O5. The highest BCUT2D eigenvalue weighted by Gasteiger charge is 2.12. The number of phenols is 1. The van der Waals surface area contributed by atoms with Crippen LogP contribution in [0, 0.1) is 0 Å². The van der Waals surface area contributed by atoms with Crippen LogP contribution in [0.1, 0.15) is 15.9 Å². The molecule has 0 heterocycles. The molecule has 0 saturated carbocycles. The van der Waals surface area contributed by atoms with Crippen LogP contribution in [0.25, 0.3) is 0 Å². The molecule has 2 amide bonds. The summed E-state index contributed by atoms with van der Waals surface area (Å²) in [5.74, 6) is -0.0898. The van der Waals surface area contributed by atoms with E-state index in [2.05, 4.69) is 47.7 Å². The molecule has 0 bridgehead atoms. The fourth-order valence-corrected chi connectivity index (χ4v) is 3.40. The van der Waals surface area contributed by atoms with Crippen LogP contribution >= 0.6 is 31.9 Å². The molecule has 28 heavy (non-hydrogen) atoms. The van der Waals surface area contributed by atoms with E-state index in [0.29, 0.717) is 27.1 Å². The van der Waals surface area contributed by atoms with E-state index >= 15 is 0 Å². The Labute approximate surface area is 178 Å². The maximum Gasteiger partial charge on any atom is 0.259 e. The zero-order valence-corrected chi connectivity index (χ0v) is 18.1. The van der Waals surface area contributed by atoms with Gasteiger partial charge in [-0.1, -0.05) is 15.9 Å². The van der Waals surface area contributed by atoms with E-state index in [4.69, 9.17) is 9.47 Å². The molecule has 10 heteroatoms. The van der Waals surface area contributed by atoms with Crippen molar-refractivity contribution in [3.05, 3.63) is 50.4 Å². The van der Waals surface area contributed by atoms with Gasteiger partial charge >= 0.3 is 0 Å². The molecule has 0 unspecified atom stereocenters. The molecular weight excluding hydrogens is 498 g/mol. The van der Waals surface area contributed by atoms with Crippen molar-refractivity contribution >= 4 is 49.9 Å². The Morgan fingerprint density at radius 3 is 2.54 bits per heavy atom. The van der Waals surface area contributed by atoms with Gasteiger partial charge in [-0.3, -0.25) is 9.59 Å². The summed E-state index contributed by atoms with van der Waals surface area (Å²) in [6.45, 7) is -0.279. The first-order valence-corrected chi connectivity index (χ1v) is 9.44. The van der Waals surface area contributed by atoms with Crippen LogP contribution in [0.15, 0.2) is 44.4 Å². The summed E-state index contributed by atoms with van der Waals surface area (Å²) in [5.41, 5.74) is 2.99. The Balaban J connectivity index is 1.91. The topological polar surface area (TPSA) is 109 Å². The number of hydrogen-bond donors (Lipinski definition) is 3. The number of rotatable bonds is 7. The Kier molecular flexibility index (Phi) is 7.82. The summed E-state index contributed by atoms with van der Waals surface area (Å²) >= 11 is 6.50. The number of carbonyl (C=O) groups is 2. The van der Waals surface area contributed by atoms with Gasteiger partial charge in [0.25, 0.3) is 11.8 Å². The SMILES string of the molecule is COc1ccc(C(=O)NCC(=O)N/N=C\c2cc(Br)cc(Br)c2O)cc1OC. The van der Waals surface area contributed by atoms with E-state index in [9.17, 15) is 14.7 Å². The first kappa shape index (κ1) is 21.7. The molecule has 0 atom stereocenters. The zero-order valence-electron chi connectivity index (χ0n) is 15.0. The van der Waals surface area contributed by atoms with Crippen molar-refractivity contribution in [2.24, 2.45) is 5.10 Å².